The largest absolute Gasteiger partial charge is 0.294 e. The Bertz CT molecular complexity index is 1610. The number of sulfonamides is 1. The van der Waals surface area contributed by atoms with Crippen LogP contribution in [-0.4, -0.2) is 18.4 Å². The molecule has 0 atom stereocenters. The Labute approximate surface area is 212 Å². The van der Waals surface area contributed by atoms with Gasteiger partial charge in [-0.1, -0.05) is 59.6 Å². The summed E-state index contributed by atoms with van der Waals surface area (Å²) in [5.74, 6) is 0.681. The van der Waals surface area contributed by atoms with Gasteiger partial charge in [-0.3, -0.25) is 9.62 Å². The van der Waals surface area contributed by atoms with E-state index in [1.54, 1.807) is 18.3 Å². The zero-order chi connectivity index (χ0) is 24.4. The number of benzene rings is 4. The Hall–Kier alpha value is -3.65. The molecule has 0 spiro atoms. The van der Waals surface area contributed by atoms with E-state index in [9.17, 15) is 8.42 Å². The summed E-state index contributed by atoms with van der Waals surface area (Å²) in [6, 6.07) is 27.2. The van der Waals surface area contributed by atoms with Crippen molar-refractivity contribution in [3.63, 3.8) is 0 Å². The van der Waals surface area contributed by atoms with Gasteiger partial charge in [0.25, 0.3) is 10.0 Å². The van der Waals surface area contributed by atoms with E-state index in [0.29, 0.717) is 11.5 Å². The van der Waals surface area contributed by atoms with Gasteiger partial charge in [0, 0.05) is 23.0 Å². The van der Waals surface area contributed by atoms with Crippen LogP contribution in [0.5, 0.6) is 0 Å². The molecule has 174 valence electrons. The van der Waals surface area contributed by atoms with Gasteiger partial charge in [-0.05, 0) is 60.0 Å². The molecule has 9 heteroatoms. The van der Waals surface area contributed by atoms with E-state index in [1.165, 1.54) is 24.5 Å². The van der Waals surface area contributed by atoms with Crippen LogP contribution >= 0.6 is 23.2 Å². The van der Waals surface area contributed by atoms with Gasteiger partial charge < -0.3 is 0 Å². The van der Waals surface area contributed by atoms with Crippen molar-refractivity contribution in [1.82, 2.24) is 9.97 Å². The van der Waals surface area contributed by atoms with Gasteiger partial charge in [-0.25, -0.2) is 18.4 Å². The molecule has 4 aromatic carbocycles. The molecule has 1 aromatic heterocycles. The number of hydrogen-bond donors (Lipinski definition) is 1. The van der Waals surface area contributed by atoms with E-state index >= 15 is 0 Å². The van der Waals surface area contributed by atoms with Gasteiger partial charge in [0.15, 0.2) is 0 Å². The minimum atomic E-state index is -3.85. The van der Waals surface area contributed by atoms with Crippen LogP contribution in [-0.2, 0) is 10.0 Å². The highest BCUT2D eigenvalue weighted by Gasteiger charge is 2.18. The summed E-state index contributed by atoms with van der Waals surface area (Å²) >= 11 is 11.9. The van der Waals surface area contributed by atoms with Crippen molar-refractivity contribution >= 4 is 66.9 Å². The Morgan fingerprint density at radius 3 is 2.31 bits per heavy atom. The van der Waals surface area contributed by atoms with Crippen molar-refractivity contribution in [3.05, 3.63) is 114 Å². The van der Waals surface area contributed by atoms with Gasteiger partial charge >= 0.3 is 0 Å². The van der Waals surface area contributed by atoms with E-state index in [2.05, 4.69) is 32.9 Å². The van der Waals surface area contributed by atoms with E-state index in [1.807, 2.05) is 47.4 Å². The van der Waals surface area contributed by atoms with Gasteiger partial charge in [-0.15, -0.1) is 0 Å². The van der Waals surface area contributed by atoms with Crippen LogP contribution in [0.2, 0.25) is 10.0 Å². The van der Waals surface area contributed by atoms with Crippen molar-refractivity contribution < 1.29 is 8.42 Å². The summed E-state index contributed by atoms with van der Waals surface area (Å²) in [5, 5.41) is 2.60. The highest BCUT2D eigenvalue weighted by atomic mass is 35.5. The molecule has 5 rings (SSSR count). The van der Waals surface area contributed by atoms with Crippen LogP contribution in [0.4, 0.5) is 22.9 Å². The smallest absolute Gasteiger partial charge is 0.261 e. The lowest BCUT2D eigenvalue weighted by atomic mass is 10.1. The Balaban J connectivity index is 1.52. The van der Waals surface area contributed by atoms with E-state index in [4.69, 9.17) is 23.2 Å². The minimum Gasteiger partial charge on any atom is -0.294 e. The zero-order valence-corrected chi connectivity index (χ0v) is 20.5. The maximum atomic E-state index is 12.8. The second-order valence-corrected chi connectivity index (χ2v) is 10.1. The second-order valence-electron chi connectivity index (χ2n) is 7.63. The van der Waals surface area contributed by atoms with Crippen molar-refractivity contribution in [3.8, 4) is 0 Å². The molecule has 0 saturated carbocycles. The van der Waals surface area contributed by atoms with E-state index < -0.39 is 10.0 Å². The lowest BCUT2D eigenvalue weighted by Gasteiger charge is -2.25. The summed E-state index contributed by atoms with van der Waals surface area (Å²) in [4.78, 5) is 10.5. The molecular weight excluding hydrogens is 503 g/mol. The van der Waals surface area contributed by atoms with Crippen LogP contribution in [0.15, 0.2) is 108 Å². The highest BCUT2D eigenvalue weighted by Crippen LogP contribution is 2.38. The fraction of sp³-hybridized carbons (Fsp3) is 0. The lowest BCUT2D eigenvalue weighted by Crippen LogP contribution is -2.14. The van der Waals surface area contributed by atoms with Crippen molar-refractivity contribution in [2.24, 2.45) is 0 Å². The number of anilines is 4. The van der Waals surface area contributed by atoms with Gasteiger partial charge in [-0.2, -0.15) is 0 Å². The number of rotatable bonds is 6. The Kier molecular flexibility index (Phi) is 6.30. The zero-order valence-electron chi connectivity index (χ0n) is 18.1. The Morgan fingerprint density at radius 1 is 0.800 bits per heavy atom. The quantitative estimate of drug-likeness (QED) is 0.256. The molecule has 0 aliphatic heterocycles. The standard InChI is InChI=1S/C26H18Cl2N4O2S/c27-23-13-12-21(16-24(23)28)35(33,34)31-19-8-10-20(11-9-19)32(26-14-15-29-17-30-26)25-7-3-5-18-4-1-2-6-22(18)25/h1-17,31H. The monoisotopic (exact) mass is 520 g/mol. The maximum absolute atomic E-state index is 12.8. The van der Waals surface area contributed by atoms with E-state index in [-0.39, 0.29) is 14.9 Å². The van der Waals surface area contributed by atoms with Gasteiger partial charge in [0.2, 0.25) is 0 Å². The van der Waals surface area contributed by atoms with Crippen LogP contribution in [0.3, 0.4) is 0 Å². The third-order valence-corrected chi connectivity index (χ3v) is 7.50. The average molecular weight is 521 g/mol. The minimum absolute atomic E-state index is 0.0225. The topological polar surface area (TPSA) is 75.2 Å². The molecule has 0 amide bonds. The fourth-order valence-corrected chi connectivity index (χ4v) is 5.20. The fourth-order valence-electron chi connectivity index (χ4n) is 3.75. The molecule has 0 bridgehead atoms. The summed E-state index contributed by atoms with van der Waals surface area (Å²) in [7, 11) is -3.85. The third-order valence-electron chi connectivity index (χ3n) is 5.38. The number of nitrogens with zero attached hydrogens (tertiary/aromatic N) is 3. The van der Waals surface area contributed by atoms with Gasteiger partial charge in [0.1, 0.15) is 12.1 Å². The first-order chi connectivity index (χ1) is 16.9. The molecule has 0 aliphatic rings. The molecule has 0 radical (unpaired) electrons. The Morgan fingerprint density at radius 2 is 1.57 bits per heavy atom. The predicted octanol–water partition coefficient (Wildman–Crippen LogP) is 7.21. The molecule has 5 aromatic rings. The molecule has 0 fully saturated rings. The molecule has 6 nitrogen and oxygen atoms in total. The number of nitrogens with one attached hydrogen (secondary N) is 1. The molecule has 1 N–H and O–H groups in total. The molecule has 1 heterocycles. The maximum Gasteiger partial charge on any atom is 0.261 e. The number of fused-ring (bicyclic) bond motifs is 1. The number of aromatic nitrogens is 2. The first-order valence-corrected chi connectivity index (χ1v) is 12.8. The van der Waals surface area contributed by atoms with E-state index in [0.717, 1.165) is 22.1 Å². The highest BCUT2D eigenvalue weighted by molar-refractivity contribution is 7.92. The normalized spacial score (nSPS) is 11.4. The molecular formula is C26H18Cl2N4O2S. The average Bonchev–Trinajstić information content (AvgIpc) is 2.87. The van der Waals surface area contributed by atoms with Gasteiger partial charge in [0.05, 0.1) is 20.6 Å². The van der Waals surface area contributed by atoms with Crippen LogP contribution < -0.4 is 9.62 Å². The summed E-state index contributed by atoms with van der Waals surface area (Å²) in [6.07, 6.45) is 3.17. The van der Waals surface area contributed by atoms with Crippen molar-refractivity contribution in [2.75, 3.05) is 9.62 Å². The predicted molar refractivity (Wildman–Crippen MR) is 141 cm³/mol. The molecule has 0 saturated heterocycles. The first kappa shape index (κ1) is 23.1. The number of halogens is 2. The summed E-state index contributed by atoms with van der Waals surface area (Å²) in [5.41, 5.74) is 2.14. The van der Waals surface area contributed by atoms with Crippen molar-refractivity contribution in [1.29, 1.82) is 0 Å². The first-order valence-electron chi connectivity index (χ1n) is 10.5. The van der Waals surface area contributed by atoms with Crippen LogP contribution in [0.25, 0.3) is 10.8 Å². The molecule has 35 heavy (non-hydrogen) atoms. The third kappa shape index (κ3) is 4.79. The SMILES string of the molecule is O=S(=O)(Nc1ccc(N(c2ccncn2)c2cccc3ccccc23)cc1)c1ccc(Cl)c(Cl)c1. The summed E-state index contributed by atoms with van der Waals surface area (Å²) < 4.78 is 28.2. The lowest BCUT2D eigenvalue weighted by molar-refractivity contribution is 0.601. The van der Waals surface area contributed by atoms with Crippen LogP contribution in [0.1, 0.15) is 0 Å². The number of hydrogen-bond acceptors (Lipinski definition) is 5. The molecule has 0 aliphatic carbocycles. The molecule has 0 unspecified atom stereocenters. The summed E-state index contributed by atoms with van der Waals surface area (Å²) in [6.45, 7) is 0. The van der Waals surface area contributed by atoms with Crippen LogP contribution in [0, 0.1) is 0 Å². The second kappa shape index (κ2) is 9.54. The van der Waals surface area contributed by atoms with Crippen molar-refractivity contribution in [2.45, 2.75) is 4.90 Å².